The number of fused-ring (bicyclic) bond motifs is 1. The first kappa shape index (κ1) is 23.4. The lowest BCUT2D eigenvalue weighted by atomic mass is 9.94. The number of nitro groups is 1. The van der Waals surface area contributed by atoms with Gasteiger partial charge in [0.25, 0.3) is 6.04 Å². The molecule has 2 aliphatic heterocycles. The number of benzene rings is 2. The molecule has 0 radical (unpaired) electrons. The van der Waals surface area contributed by atoms with Gasteiger partial charge in [-0.25, -0.2) is 0 Å². The minimum absolute atomic E-state index is 0.0463. The smallest absolute Gasteiger partial charge is 0.291 e. The summed E-state index contributed by atoms with van der Waals surface area (Å²) in [6.07, 6.45) is 1.32. The van der Waals surface area contributed by atoms with Crippen molar-refractivity contribution < 1.29 is 28.6 Å². The predicted molar refractivity (Wildman–Crippen MR) is 122 cm³/mol. The fourth-order valence-electron chi connectivity index (χ4n) is 5.02. The molecule has 0 amide bonds. The maximum absolute atomic E-state index is 12.3. The lowest BCUT2D eigenvalue weighted by molar-refractivity contribution is -0.581. The molecule has 3 fully saturated rings. The summed E-state index contributed by atoms with van der Waals surface area (Å²) in [6, 6.07) is 18.0. The molecule has 2 aromatic rings. The number of nitrogens with zero attached hydrogens (tertiary/aromatic N) is 1. The van der Waals surface area contributed by atoms with Gasteiger partial charge in [-0.3, -0.25) is 10.1 Å². The quantitative estimate of drug-likeness (QED) is 0.438. The summed E-state index contributed by atoms with van der Waals surface area (Å²) in [5.74, 6) is 0. The van der Waals surface area contributed by atoms with Crippen LogP contribution in [0.5, 0.6) is 0 Å². The van der Waals surface area contributed by atoms with Crippen molar-refractivity contribution in [3.05, 3.63) is 81.9 Å². The van der Waals surface area contributed by atoms with Gasteiger partial charge in [0.1, 0.15) is 12.2 Å². The third-order valence-electron chi connectivity index (χ3n) is 6.79. The van der Waals surface area contributed by atoms with Crippen LogP contribution in [0.25, 0.3) is 0 Å². The zero-order valence-electron chi connectivity index (χ0n) is 19.1. The Bertz CT molecular complexity index is 921. The summed E-state index contributed by atoms with van der Waals surface area (Å²) in [7, 11) is 0. The maximum atomic E-state index is 12.3. The Balaban J connectivity index is 1.39. The Labute approximate surface area is 199 Å². The molecule has 2 saturated heterocycles. The summed E-state index contributed by atoms with van der Waals surface area (Å²) < 4.78 is 30.8. The van der Waals surface area contributed by atoms with E-state index in [1.54, 1.807) is 0 Å². The molecule has 0 bridgehead atoms. The Morgan fingerprint density at radius 2 is 1.65 bits per heavy atom. The molecule has 1 saturated carbocycles. The monoisotopic (exact) mass is 469 g/mol. The molecule has 3 aliphatic rings. The van der Waals surface area contributed by atoms with Gasteiger partial charge in [-0.1, -0.05) is 79.9 Å². The minimum atomic E-state index is -1.21. The summed E-state index contributed by atoms with van der Waals surface area (Å²) in [6.45, 7) is 0.472. The van der Waals surface area contributed by atoms with Crippen molar-refractivity contribution in [2.24, 2.45) is 0 Å². The second kappa shape index (κ2) is 10.9. The molecule has 8 nitrogen and oxygen atoms in total. The van der Waals surface area contributed by atoms with Crippen LogP contribution in [0.3, 0.4) is 0 Å². The first-order valence-electron chi connectivity index (χ1n) is 12.1. The summed E-state index contributed by atoms with van der Waals surface area (Å²) in [5.41, 5.74) is 1.78. The van der Waals surface area contributed by atoms with Gasteiger partial charge in [-0.2, -0.15) is 0 Å². The molecule has 182 valence electrons. The molecule has 0 aromatic heterocycles. The molecule has 0 spiro atoms. The van der Waals surface area contributed by atoms with E-state index in [1.807, 2.05) is 60.7 Å². The average molecular weight is 470 g/mol. The highest BCUT2D eigenvalue weighted by molar-refractivity contribution is 5.17. The highest BCUT2D eigenvalue weighted by atomic mass is 16.8. The topological polar surface area (TPSA) is 89.3 Å². The van der Waals surface area contributed by atoms with Crippen molar-refractivity contribution in [1.82, 2.24) is 0 Å². The van der Waals surface area contributed by atoms with E-state index in [0.29, 0.717) is 0 Å². The van der Waals surface area contributed by atoms with Gasteiger partial charge in [-0.15, -0.1) is 0 Å². The second-order valence-electron chi connectivity index (χ2n) is 9.15. The first-order valence-corrected chi connectivity index (χ1v) is 12.1. The van der Waals surface area contributed by atoms with E-state index in [4.69, 9.17) is 23.7 Å². The molecule has 8 heteroatoms. The van der Waals surface area contributed by atoms with Gasteiger partial charge in [-0.05, 0) is 18.4 Å². The van der Waals surface area contributed by atoms with Gasteiger partial charge < -0.3 is 23.7 Å². The Kier molecular flexibility index (Phi) is 7.51. The molecule has 0 N–H and O–H groups in total. The van der Waals surface area contributed by atoms with Crippen LogP contribution in [0.15, 0.2) is 60.7 Å². The Hall–Kier alpha value is -2.36. The molecule has 2 aromatic carbocycles. The fourth-order valence-corrected chi connectivity index (χ4v) is 5.02. The van der Waals surface area contributed by atoms with Crippen molar-refractivity contribution in [3.8, 4) is 0 Å². The molecule has 1 unspecified atom stereocenters. The highest BCUT2D eigenvalue weighted by Crippen LogP contribution is 2.37. The van der Waals surface area contributed by atoms with Crippen LogP contribution in [0.4, 0.5) is 0 Å². The van der Waals surface area contributed by atoms with Gasteiger partial charge in [0.2, 0.25) is 6.29 Å². The predicted octanol–water partition coefficient (Wildman–Crippen LogP) is 4.41. The lowest BCUT2D eigenvalue weighted by Gasteiger charge is -2.46. The largest absolute Gasteiger partial charge is 0.363 e. The first-order chi connectivity index (χ1) is 16.7. The summed E-state index contributed by atoms with van der Waals surface area (Å²) >= 11 is 0. The Morgan fingerprint density at radius 1 is 0.941 bits per heavy atom. The molecule has 34 heavy (non-hydrogen) atoms. The van der Waals surface area contributed by atoms with Crippen LogP contribution < -0.4 is 0 Å². The SMILES string of the molecule is O=[N+]([O-])[C@H]1[C@H](OC2CCCCC2)O[C@@H]2COC(c3ccccc3)O[C@H]2[C@@H]1OCc1ccccc1. The van der Waals surface area contributed by atoms with E-state index in [1.165, 1.54) is 6.42 Å². The van der Waals surface area contributed by atoms with Gasteiger partial charge in [0.15, 0.2) is 12.4 Å². The third kappa shape index (κ3) is 5.31. The van der Waals surface area contributed by atoms with Crippen LogP contribution in [-0.2, 0) is 30.3 Å². The van der Waals surface area contributed by atoms with Crippen LogP contribution in [0.2, 0.25) is 0 Å². The van der Waals surface area contributed by atoms with Crippen molar-refractivity contribution in [3.63, 3.8) is 0 Å². The molecule has 1 aliphatic carbocycles. The second-order valence-corrected chi connectivity index (χ2v) is 9.15. The van der Waals surface area contributed by atoms with Crippen molar-refractivity contribution >= 4 is 0 Å². The minimum Gasteiger partial charge on any atom is -0.363 e. The van der Waals surface area contributed by atoms with Gasteiger partial charge in [0, 0.05) is 10.5 Å². The van der Waals surface area contributed by atoms with Crippen LogP contribution in [0.1, 0.15) is 49.5 Å². The van der Waals surface area contributed by atoms with Gasteiger partial charge in [0.05, 0.1) is 19.3 Å². The molecule has 6 atom stereocenters. The van der Waals surface area contributed by atoms with E-state index in [-0.39, 0.29) is 24.2 Å². The zero-order chi connectivity index (χ0) is 23.3. The third-order valence-corrected chi connectivity index (χ3v) is 6.79. The standard InChI is InChI=1S/C26H31NO7/c28-27(29)22-24(30-16-18-10-4-1-5-11-18)23-21(33-26(22)32-20-14-8-3-9-15-20)17-31-25(34-23)19-12-6-2-7-13-19/h1-2,4-7,10-13,20-26H,3,8-9,14-17H2/t21-,22-,23-,24-,25?,26-/m1/s1. The summed E-state index contributed by atoms with van der Waals surface area (Å²) in [4.78, 5) is 12.0. The Morgan fingerprint density at radius 3 is 2.35 bits per heavy atom. The fraction of sp³-hybridized carbons (Fsp3) is 0.538. The van der Waals surface area contributed by atoms with E-state index >= 15 is 0 Å². The van der Waals surface area contributed by atoms with Crippen LogP contribution in [0, 0.1) is 10.1 Å². The number of hydrogen-bond donors (Lipinski definition) is 0. The maximum Gasteiger partial charge on any atom is 0.291 e. The average Bonchev–Trinajstić information content (AvgIpc) is 2.88. The van der Waals surface area contributed by atoms with Crippen molar-refractivity contribution in [2.75, 3.05) is 6.61 Å². The summed E-state index contributed by atoms with van der Waals surface area (Å²) in [5, 5.41) is 12.3. The van der Waals surface area contributed by atoms with Gasteiger partial charge >= 0.3 is 0 Å². The van der Waals surface area contributed by atoms with E-state index in [9.17, 15) is 10.1 Å². The molecule has 5 rings (SSSR count). The number of hydrogen-bond acceptors (Lipinski definition) is 7. The number of ether oxygens (including phenoxy) is 5. The molecule has 2 heterocycles. The van der Waals surface area contributed by atoms with Crippen molar-refractivity contribution in [2.45, 2.75) is 81.7 Å². The van der Waals surface area contributed by atoms with E-state index in [0.717, 1.165) is 36.8 Å². The molecular weight excluding hydrogens is 438 g/mol. The highest BCUT2D eigenvalue weighted by Gasteiger charge is 2.57. The van der Waals surface area contributed by atoms with E-state index < -0.39 is 36.9 Å². The van der Waals surface area contributed by atoms with Crippen LogP contribution >= 0.6 is 0 Å². The lowest BCUT2D eigenvalue weighted by Crippen LogP contribution is -2.65. The zero-order valence-corrected chi connectivity index (χ0v) is 19.1. The molecular formula is C26H31NO7. The normalized spacial score (nSPS) is 32.1. The van der Waals surface area contributed by atoms with E-state index in [2.05, 4.69) is 0 Å². The van der Waals surface area contributed by atoms with Crippen LogP contribution in [-0.4, -0.2) is 48.3 Å². The number of rotatable bonds is 7. The van der Waals surface area contributed by atoms with Crippen molar-refractivity contribution in [1.29, 1.82) is 0 Å².